The number of hydrogen-bond acceptors (Lipinski definition) is 2. The van der Waals surface area contributed by atoms with Crippen molar-refractivity contribution in [3.8, 4) is 5.75 Å². The van der Waals surface area contributed by atoms with Crippen molar-refractivity contribution in [1.29, 1.82) is 0 Å². The number of carboxylic acids is 1. The fourth-order valence-electron chi connectivity index (χ4n) is 3.69. The second-order valence-corrected chi connectivity index (χ2v) is 11.1. The average Bonchev–Trinajstić information content (AvgIpc) is 2.68. The number of benzene rings is 1. The van der Waals surface area contributed by atoms with Crippen molar-refractivity contribution in [2.45, 2.75) is 105 Å². The summed E-state index contributed by atoms with van der Waals surface area (Å²) in [6.45, 7) is 20.3. The molecule has 3 nitrogen and oxygen atoms in total. The lowest BCUT2D eigenvalue weighted by Crippen LogP contribution is -2.20. The van der Waals surface area contributed by atoms with Crippen molar-refractivity contribution >= 4 is 11.5 Å². The van der Waals surface area contributed by atoms with Crippen LogP contribution in [-0.2, 0) is 15.6 Å². The minimum absolute atomic E-state index is 0.0511. The third-order valence-electron chi connectivity index (χ3n) is 5.71. The Morgan fingerprint density at radius 1 is 0.939 bits per heavy atom. The van der Waals surface area contributed by atoms with E-state index in [0.717, 1.165) is 24.4 Å². The predicted molar refractivity (Wildman–Crippen MR) is 142 cm³/mol. The summed E-state index contributed by atoms with van der Waals surface area (Å²) in [4.78, 5) is 10.8. The molecule has 33 heavy (non-hydrogen) atoms. The second kappa shape index (κ2) is 12.8. The molecule has 0 heterocycles. The van der Waals surface area contributed by atoms with Crippen molar-refractivity contribution < 1.29 is 14.6 Å². The zero-order chi connectivity index (χ0) is 25.2. The van der Waals surface area contributed by atoms with Crippen molar-refractivity contribution in [2.75, 3.05) is 6.61 Å². The molecule has 0 radical (unpaired) electrons. The van der Waals surface area contributed by atoms with E-state index < -0.39 is 5.97 Å². The van der Waals surface area contributed by atoms with Gasteiger partial charge in [0.05, 0.1) is 6.61 Å². The van der Waals surface area contributed by atoms with E-state index in [9.17, 15) is 4.79 Å². The van der Waals surface area contributed by atoms with Gasteiger partial charge in [-0.2, -0.15) is 0 Å². The van der Waals surface area contributed by atoms with Gasteiger partial charge in [-0.1, -0.05) is 92.4 Å². The van der Waals surface area contributed by atoms with Crippen LogP contribution < -0.4 is 4.74 Å². The number of carboxylic acid groups (broad SMARTS) is 1. The molecule has 0 saturated heterocycles. The summed E-state index contributed by atoms with van der Waals surface area (Å²) in [5.74, 6) is 0.112. The van der Waals surface area contributed by atoms with Gasteiger partial charge in [0, 0.05) is 17.2 Å². The lowest BCUT2D eigenvalue weighted by atomic mass is 9.77. The monoisotopic (exact) mass is 454 g/mol. The number of hydrogen-bond donors (Lipinski definition) is 1. The first-order chi connectivity index (χ1) is 15.3. The van der Waals surface area contributed by atoms with Crippen LogP contribution in [0.4, 0.5) is 0 Å². The summed E-state index contributed by atoms with van der Waals surface area (Å²) < 4.78 is 6.49. The summed E-state index contributed by atoms with van der Waals surface area (Å²) in [5, 5.41) is 8.89. The van der Waals surface area contributed by atoms with Crippen LogP contribution in [0, 0.1) is 0 Å². The largest absolute Gasteiger partial charge is 0.493 e. The molecule has 0 unspecified atom stereocenters. The first-order valence-electron chi connectivity index (χ1n) is 12.4. The van der Waals surface area contributed by atoms with Crippen LogP contribution in [0.1, 0.15) is 111 Å². The predicted octanol–water partition coefficient (Wildman–Crippen LogP) is 8.62. The standard InChI is InChI=1S/C30H46O3/c1-10-11-12-13-14-18-33-28-25(29(4,5)6)20-24(21-26(28)30(7,8)9)23(3)17-15-16-22(2)19-27(31)32/h15-17,19-21H,10-14,18H2,1-9H3,(H,31,32). The number of unbranched alkanes of at least 4 members (excludes halogenated alkanes) is 4. The molecule has 1 aromatic rings. The Morgan fingerprint density at radius 2 is 1.48 bits per heavy atom. The molecule has 0 aliphatic rings. The zero-order valence-corrected chi connectivity index (χ0v) is 22.5. The Labute approximate surface area is 202 Å². The lowest BCUT2D eigenvalue weighted by Gasteiger charge is -2.31. The van der Waals surface area contributed by atoms with Crippen LogP contribution in [0.5, 0.6) is 5.75 Å². The molecule has 1 aromatic carbocycles. The molecule has 0 amide bonds. The van der Waals surface area contributed by atoms with Crippen LogP contribution in [0.25, 0.3) is 5.57 Å². The third-order valence-corrected chi connectivity index (χ3v) is 5.71. The van der Waals surface area contributed by atoms with Crippen molar-refractivity contribution in [3.05, 3.63) is 58.7 Å². The maximum absolute atomic E-state index is 10.8. The number of aliphatic carboxylic acids is 1. The van der Waals surface area contributed by atoms with Crippen molar-refractivity contribution in [2.24, 2.45) is 0 Å². The number of rotatable bonds is 11. The molecule has 184 valence electrons. The average molecular weight is 455 g/mol. The highest BCUT2D eigenvalue weighted by atomic mass is 16.5. The molecular formula is C30H46O3. The number of carbonyl (C=O) groups is 1. The Hall–Kier alpha value is -2.29. The molecule has 0 aliphatic carbocycles. The van der Waals surface area contributed by atoms with Gasteiger partial charge in [0.2, 0.25) is 0 Å². The number of ether oxygens (including phenoxy) is 1. The quantitative estimate of drug-likeness (QED) is 0.207. The SMILES string of the molecule is CCCCCCCOc1c(C(C)(C)C)cc(C(C)=CC=CC(C)=CC(=O)O)cc1C(C)(C)C. The molecule has 1 N–H and O–H groups in total. The van der Waals surface area contributed by atoms with Gasteiger partial charge in [-0.25, -0.2) is 4.79 Å². The van der Waals surface area contributed by atoms with E-state index in [1.54, 1.807) is 6.92 Å². The molecule has 0 fully saturated rings. The summed E-state index contributed by atoms with van der Waals surface area (Å²) in [5.41, 5.74) is 5.38. The highest BCUT2D eigenvalue weighted by molar-refractivity contribution is 5.81. The van der Waals surface area contributed by atoms with E-state index in [1.165, 1.54) is 48.4 Å². The summed E-state index contributed by atoms with van der Waals surface area (Å²) in [7, 11) is 0. The molecule has 0 bridgehead atoms. The minimum atomic E-state index is -0.927. The fourth-order valence-corrected chi connectivity index (χ4v) is 3.69. The van der Waals surface area contributed by atoms with E-state index in [-0.39, 0.29) is 10.8 Å². The maximum Gasteiger partial charge on any atom is 0.328 e. The van der Waals surface area contributed by atoms with E-state index in [2.05, 4.69) is 67.5 Å². The summed E-state index contributed by atoms with van der Waals surface area (Å²) in [6.07, 6.45) is 13.1. The van der Waals surface area contributed by atoms with Gasteiger partial charge < -0.3 is 9.84 Å². The first-order valence-corrected chi connectivity index (χ1v) is 12.4. The summed E-state index contributed by atoms with van der Waals surface area (Å²) in [6, 6.07) is 4.53. The van der Waals surface area contributed by atoms with E-state index in [0.29, 0.717) is 5.57 Å². The maximum atomic E-state index is 10.8. The zero-order valence-electron chi connectivity index (χ0n) is 22.5. The molecule has 1 rings (SSSR count). The van der Waals surface area contributed by atoms with Crippen LogP contribution in [-0.4, -0.2) is 17.7 Å². The van der Waals surface area contributed by atoms with Crippen LogP contribution >= 0.6 is 0 Å². The van der Waals surface area contributed by atoms with Gasteiger partial charge in [0.25, 0.3) is 0 Å². The van der Waals surface area contributed by atoms with Gasteiger partial charge in [0.1, 0.15) is 5.75 Å². The van der Waals surface area contributed by atoms with Crippen molar-refractivity contribution in [1.82, 2.24) is 0 Å². The Morgan fingerprint density at radius 3 is 1.97 bits per heavy atom. The van der Waals surface area contributed by atoms with Gasteiger partial charge >= 0.3 is 5.97 Å². The molecular weight excluding hydrogens is 408 g/mol. The topological polar surface area (TPSA) is 46.5 Å². The van der Waals surface area contributed by atoms with Crippen LogP contribution in [0.15, 0.2) is 42.0 Å². The molecule has 0 atom stereocenters. The minimum Gasteiger partial charge on any atom is -0.493 e. The molecule has 0 spiro atoms. The van der Waals surface area contributed by atoms with Gasteiger partial charge in [0.15, 0.2) is 0 Å². The van der Waals surface area contributed by atoms with Crippen molar-refractivity contribution in [3.63, 3.8) is 0 Å². The third kappa shape index (κ3) is 10.0. The Kier molecular flexibility index (Phi) is 11.2. The molecule has 0 saturated carbocycles. The van der Waals surface area contributed by atoms with E-state index in [1.807, 2.05) is 18.2 Å². The second-order valence-electron chi connectivity index (χ2n) is 11.1. The van der Waals surface area contributed by atoms with E-state index in [4.69, 9.17) is 9.84 Å². The summed E-state index contributed by atoms with van der Waals surface area (Å²) >= 11 is 0. The lowest BCUT2D eigenvalue weighted by molar-refractivity contribution is -0.131. The molecule has 3 heteroatoms. The molecule has 0 aromatic heterocycles. The van der Waals surface area contributed by atoms with Gasteiger partial charge in [-0.3, -0.25) is 0 Å². The van der Waals surface area contributed by atoms with Gasteiger partial charge in [-0.05, 0) is 59.9 Å². The highest BCUT2D eigenvalue weighted by Crippen LogP contribution is 2.42. The van der Waals surface area contributed by atoms with Crippen LogP contribution in [0.2, 0.25) is 0 Å². The first kappa shape index (κ1) is 28.7. The van der Waals surface area contributed by atoms with Crippen LogP contribution in [0.3, 0.4) is 0 Å². The fraction of sp³-hybridized carbons (Fsp3) is 0.567. The Balaban J connectivity index is 3.36. The van der Waals surface area contributed by atoms with E-state index >= 15 is 0 Å². The van der Waals surface area contributed by atoms with Gasteiger partial charge in [-0.15, -0.1) is 0 Å². The number of allylic oxidation sites excluding steroid dienone is 5. The smallest absolute Gasteiger partial charge is 0.328 e. The highest BCUT2D eigenvalue weighted by Gasteiger charge is 2.28. The normalized spacial score (nSPS) is 13.6. The molecule has 0 aliphatic heterocycles. The Bertz CT molecular complexity index is 836.